The maximum absolute atomic E-state index is 11.9. The molecule has 0 bridgehead atoms. The Balaban J connectivity index is 2.59. The molecule has 0 aliphatic rings. The molecule has 0 spiro atoms. The second kappa shape index (κ2) is 6.19. The van der Waals surface area contributed by atoms with E-state index in [2.05, 4.69) is 5.32 Å². The van der Waals surface area contributed by atoms with Gasteiger partial charge in [-0.1, -0.05) is 11.6 Å². The number of benzene rings is 1. The number of carboxylic acid groups (broad SMARTS) is 1. The topological polar surface area (TPSA) is 49.3 Å². The second-order valence-corrected chi connectivity index (χ2v) is 4.81. The summed E-state index contributed by atoms with van der Waals surface area (Å²) in [6, 6.07) is 4.13. The molecule has 0 atom stereocenters. The zero-order chi connectivity index (χ0) is 13.8. The van der Waals surface area contributed by atoms with Gasteiger partial charge < -0.3 is 10.4 Å². The van der Waals surface area contributed by atoms with Crippen LogP contribution in [-0.2, 0) is 0 Å². The first-order chi connectivity index (χ1) is 8.29. The standard InChI is InChI=1S/C10H9ClF3NO2S/c11-6-1-2-8(7(5-6)9(16)17)15-3-4-18-10(12,13)14/h1-2,5,15H,3-4H2,(H,16,17). The van der Waals surface area contributed by atoms with Gasteiger partial charge in [0.15, 0.2) is 0 Å². The van der Waals surface area contributed by atoms with Crippen LogP contribution in [0.2, 0.25) is 5.02 Å². The molecule has 0 radical (unpaired) electrons. The van der Waals surface area contributed by atoms with E-state index in [1.54, 1.807) is 0 Å². The lowest BCUT2D eigenvalue weighted by molar-refractivity contribution is -0.0327. The molecule has 0 unspecified atom stereocenters. The van der Waals surface area contributed by atoms with Crippen LogP contribution in [0.3, 0.4) is 0 Å². The Kier molecular flexibility index (Phi) is 5.15. The van der Waals surface area contributed by atoms with Crippen molar-refractivity contribution in [2.45, 2.75) is 5.51 Å². The van der Waals surface area contributed by atoms with Crippen LogP contribution in [0.1, 0.15) is 10.4 Å². The third kappa shape index (κ3) is 5.05. The zero-order valence-electron chi connectivity index (χ0n) is 8.92. The summed E-state index contributed by atoms with van der Waals surface area (Å²) in [4.78, 5) is 10.9. The summed E-state index contributed by atoms with van der Waals surface area (Å²) < 4.78 is 35.6. The summed E-state index contributed by atoms with van der Waals surface area (Å²) in [5.74, 6) is -1.39. The molecule has 8 heteroatoms. The van der Waals surface area contributed by atoms with Crippen molar-refractivity contribution in [1.82, 2.24) is 0 Å². The number of carboxylic acids is 1. The normalized spacial score (nSPS) is 11.3. The highest BCUT2D eigenvalue weighted by Crippen LogP contribution is 2.29. The third-order valence-corrected chi connectivity index (χ3v) is 2.87. The predicted octanol–water partition coefficient (Wildman–Crippen LogP) is 3.70. The van der Waals surface area contributed by atoms with Crippen LogP contribution in [0.15, 0.2) is 18.2 Å². The molecule has 0 aliphatic heterocycles. The number of hydrogen-bond acceptors (Lipinski definition) is 3. The average Bonchev–Trinajstić information content (AvgIpc) is 2.24. The van der Waals surface area contributed by atoms with Crippen molar-refractivity contribution in [2.75, 3.05) is 17.6 Å². The van der Waals surface area contributed by atoms with Gasteiger partial charge in [-0.05, 0) is 30.0 Å². The first-order valence-electron chi connectivity index (χ1n) is 4.77. The first kappa shape index (κ1) is 15.0. The number of rotatable bonds is 5. The fraction of sp³-hybridized carbons (Fsp3) is 0.300. The van der Waals surface area contributed by atoms with Gasteiger partial charge in [-0.15, -0.1) is 0 Å². The van der Waals surface area contributed by atoms with Crippen LogP contribution >= 0.6 is 23.4 Å². The van der Waals surface area contributed by atoms with E-state index in [0.717, 1.165) is 0 Å². The minimum Gasteiger partial charge on any atom is -0.478 e. The zero-order valence-corrected chi connectivity index (χ0v) is 10.5. The van der Waals surface area contributed by atoms with E-state index < -0.39 is 11.5 Å². The number of nitrogens with one attached hydrogen (secondary N) is 1. The molecule has 0 amide bonds. The summed E-state index contributed by atoms with van der Waals surface area (Å²) >= 11 is 5.47. The fourth-order valence-electron chi connectivity index (χ4n) is 1.20. The molecule has 0 saturated heterocycles. The predicted molar refractivity (Wildman–Crippen MR) is 65.4 cm³/mol. The molecule has 0 fully saturated rings. The summed E-state index contributed by atoms with van der Waals surface area (Å²) in [5, 5.41) is 11.8. The quantitative estimate of drug-likeness (QED) is 0.814. The lowest BCUT2D eigenvalue weighted by Crippen LogP contribution is -2.12. The maximum atomic E-state index is 11.9. The van der Waals surface area contributed by atoms with Gasteiger partial charge >= 0.3 is 11.5 Å². The van der Waals surface area contributed by atoms with Gasteiger partial charge in [-0.3, -0.25) is 0 Å². The highest BCUT2D eigenvalue weighted by molar-refractivity contribution is 8.00. The number of anilines is 1. The minimum atomic E-state index is -4.28. The van der Waals surface area contributed by atoms with Crippen LogP contribution in [-0.4, -0.2) is 28.9 Å². The van der Waals surface area contributed by atoms with Crippen molar-refractivity contribution >= 4 is 35.0 Å². The smallest absolute Gasteiger partial charge is 0.441 e. The third-order valence-electron chi connectivity index (χ3n) is 1.90. The number of hydrogen-bond donors (Lipinski definition) is 2. The van der Waals surface area contributed by atoms with Crippen molar-refractivity contribution < 1.29 is 23.1 Å². The Morgan fingerprint density at radius 3 is 2.67 bits per heavy atom. The number of aromatic carboxylic acids is 1. The summed E-state index contributed by atoms with van der Waals surface area (Å²) in [6.07, 6.45) is 0. The number of thioether (sulfide) groups is 1. The molecule has 1 rings (SSSR count). The van der Waals surface area contributed by atoms with E-state index >= 15 is 0 Å². The van der Waals surface area contributed by atoms with Gasteiger partial charge in [0, 0.05) is 23.0 Å². The molecular formula is C10H9ClF3NO2S. The van der Waals surface area contributed by atoms with E-state index in [1.165, 1.54) is 18.2 Å². The van der Waals surface area contributed by atoms with Gasteiger partial charge in [0.05, 0.1) is 5.56 Å². The molecule has 2 N–H and O–H groups in total. The number of alkyl halides is 3. The molecule has 100 valence electrons. The van der Waals surface area contributed by atoms with Crippen LogP contribution in [0.25, 0.3) is 0 Å². The van der Waals surface area contributed by atoms with Crippen LogP contribution in [0.5, 0.6) is 0 Å². The number of halogens is 4. The monoisotopic (exact) mass is 299 g/mol. The molecule has 0 aliphatic carbocycles. The lowest BCUT2D eigenvalue weighted by Gasteiger charge is -2.10. The average molecular weight is 300 g/mol. The van der Waals surface area contributed by atoms with Gasteiger partial charge in [0.1, 0.15) is 0 Å². The van der Waals surface area contributed by atoms with Crippen LogP contribution < -0.4 is 5.32 Å². The summed E-state index contributed by atoms with van der Waals surface area (Å²) in [5.41, 5.74) is -4.11. The maximum Gasteiger partial charge on any atom is 0.441 e. The molecule has 3 nitrogen and oxygen atoms in total. The van der Waals surface area contributed by atoms with Crippen molar-refractivity contribution in [3.8, 4) is 0 Å². The highest BCUT2D eigenvalue weighted by Gasteiger charge is 2.27. The number of carbonyl (C=O) groups is 1. The van der Waals surface area contributed by atoms with Gasteiger partial charge in [0.2, 0.25) is 0 Å². The summed E-state index contributed by atoms with van der Waals surface area (Å²) in [6.45, 7) is 0.00604. The largest absolute Gasteiger partial charge is 0.478 e. The van der Waals surface area contributed by atoms with Crippen molar-refractivity contribution in [3.63, 3.8) is 0 Å². The Bertz CT molecular complexity index is 440. The fourth-order valence-corrected chi connectivity index (χ4v) is 1.81. The highest BCUT2D eigenvalue weighted by atomic mass is 35.5. The molecule has 1 aromatic carbocycles. The Labute approximate surface area is 110 Å². The Morgan fingerprint density at radius 1 is 1.44 bits per heavy atom. The Morgan fingerprint density at radius 2 is 2.11 bits per heavy atom. The summed E-state index contributed by atoms with van der Waals surface area (Å²) in [7, 11) is 0. The van der Waals surface area contributed by atoms with Crippen LogP contribution in [0.4, 0.5) is 18.9 Å². The molecule has 0 aromatic heterocycles. The van der Waals surface area contributed by atoms with Gasteiger partial charge in [0.25, 0.3) is 0 Å². The SMILES string of the molecule is O=C(O)c1cc(Cl)ccc1NCCSC(F)(F)F. The van der Waals surface area contributed by atoms with E-state index in [1.807, 2.05) is 0 Å². The van der Waals surface area contributed by atoms with Crippen molar-refractivity contribution in [3.05, 3.63) is 28.8 Å². The second-order valence-electron chi connectivity index (χ2n) is 3.22. The minimum absolute atomic E-state index is 0.00604. The molecule has 1 aromatic rings. The van der Waals surface area contributed by atoms with Gasteiger partial charge in [-0.25, -0.2) is 4.79 Å². The van der Waals surface area contributed by atoms with Crippen LogP contribution in [0, 0.1) is 0 Å². The van der Waals surface area contributed by atoms with Crippen molar-refractivity contribution in [1.29, 1.82) is 0 Å². The molecular weight excluding hydrogens is 291 g/mol. The van der Waals surface area contributed by atoms with E-state index in [9.17, 15) is 18.0 Å². The van der Waals surface area contributed by atoms with Crippen molar-refractivity contribution in [2.24, 2.45) is 0 Å². The van der Waals surface area contributed by atoms with E-state index in [-0.39, 0.29) is 40.3 Å². The lowest BCUT2D eigenvalue weighted by atomic mass is 10.2. The molecule has 0 heterocycles. The first-order valence-corrected chi connectivity index (χ1v) is 6.13. The Hall–Kier alpha value is -1.08. The van der Waals surface area contributed by atoms with Gasteiger partial charge in [-0.2, -0.15) is 13.2 Å². The molecule has 18 heavy (non-hydrogen) atoms. The van der Waals surface area contributed by atoms with E-state index in [0.29, 0.717) is 0 Å². The van der Waals surface area contributed by atoms with E-state index in [4.69, 9.17) is 16.7 Å². The molecule has 0 saturated carbocycles.